The van der Waals surface area contributed by atoms with Crippen LogP contribution in [0.2, 0.25) is 0 Å². The van der Waals surface area contributed by atoms with E-state index in [0.717, 1.165) is 16.4 Å². The van der Waals surface area contributed by atoms with Crippen molar-refractivity contribution in [2.75, 3.05) is 20.2 Å². The summed E-state index contributed by atoms with van der Waals surface area (Å²) in [5.41, 5.74) is 0. The van der Waals surface area contributed by atoms with Crippen molar-refractivity contribution in [1.82, 2.24) is 4.31 Å². The highest BCUT2D eigenvalue weighted by molar-refractivity contribution is 14.1. The van der Waals surface area contributed by atoms with Gasteiger partial charge in [-0.1, -0.05) is 6.92 Å². The van der Waals surface area contributed by atoms with Gasteiger partial charge in [-0.25, -0.2) is 8.42 Å². The van der Waals surface area contributed by atoms with Crippen LogP contribution in [0.4, 0.5) is 0 Å². The minimum absolute atomic E-state index is 0.354. The lowest BCUT2D eigenvalue weighted by Gasteiger charge is -2.30. The highest BCUT2D eigenvalue weighted by atomic mass is 127. The molecule has 0 N–H and O–H groups in total. The molecule has 19 heavy (non-hydrogen) atoms. The second kappa shape index (κ2) is 5.97. The second-order valence-electron chi connectivity index (χ2n) is 4.91. The number of sulfonamides is 1. The molecule has 1 heterocycles. The Balaban J connectivity index is 2.31. The lowest BCUT2D eigenvalue weighted by Crippen LogP contribution is -2.39. The molecule has 0 radical (unpaired) electrons. The van der Waals surface area contributed by atoms with Crippen LogP contribution in [-0.4, -0.2) is 32.9 Å². The van der Waals surface area contributed by atoms with Gasteiger partial charge in [0.15, 0.2) is 0 Å². The quantitative estimate of drug-likeness (QED) is 0.740. The molecule has 106 valence electrons. The van der Waals surface area contributed by atoms with Gasteiger partial charge in [-0.05, 0) is 59.5 Å². The first kappa shape index (κ1) is 15.1. The van der Waals surface area contributed by atoms with Crippen molar-refractivity contribution in [3.63, 3.8) is 0 Å². The van der Waals surface area contributed by atoms with Crippen molar-refractivity contribution in [2.45, 2.75) is 24.7 Å². The molecule has 1 saturated heterocycles. The van der Waals surface area contributed by atoms with Crippen molar-refractivity contribution in [2.24, 2.45) is 5.92 Å². The molecule has 0 amide bonds. The van der Waals surface area contributed by atoms with Gasteiger partial charge >= 0.3 is 0 Å². The molecule has 0 spiro atoms. The Bertz CT molecular complexity index is 559. The lowest BCUT2D eigenvalue weighted by atomic mass is 10.0. The van der Waals surface area contributed by atoms with Crippen LogP contribution in [0.25, 0.3) is 0 Å². The summed E-state index contributed by atoms with van der Waals surface area (Å²) in [7, 11) is -1.79. The molecule has 1 aliphatic rings. The van der Waals surface area contributed by atoms with Crippen molar-refractivity contribution in [1.29, 1.82) is 0 Å². The molecule has 1 aromatic carbocycles. The molecular weight excluding hydrogens is 377 g/mol. The largest absolute Gasteiger partial charge is 0.496 e. The Kier molecular flexibility index (Phi) is 4.73. The van der Waals surface area contributed by atoms with Gasteiger partial charge < -0.3 is 4.74 Å². The molecule has 4 nitrogen and oxygen atoms in total. The van der Waals surface area contributed by atoms with E-state index >= 15 is 0 Å². The SMILES string of the molecule is COc1ccc(S(=O)(=O)N2CCC[C@H](C)C2)cc1I. The number of rotatable bonds is 3. The van der Waals surface area contributed by atoms with Gasteiger partial charge in [-0.3, -0.25) is 0 Å². The molecular formula is C13H18INO3S. The first-order valence-electron chi connectivity index (χ1n) is 6.29. The molecule has 1 fully saturated rings. The summed E-state index contributed by atoms with van der Waals surface area (Å²) in [6, 6.07) is 5.01. The predicted octanol–water partition coefficient (Wildman–Crippen LogP) is 2.72. The van der Waals surface area contributed by atoms with Crippen LogP contribution in [0, 0.1) is 9.49 Å². The van der Waals surface area contributed by atoms with E-state index in [0.29, 0.717) is 29.7 Å². The highest BCUT2D eigenvalue weighted by Crippen LogP contribution is 2.28. The Morgan fingerprint density at radius 1 is 1.42 bits per heavy atom. The van der Waals surface area contributed by atoms with Gasteiger partial charge in [0.05, 0.1) is 15.6 Å². The third-order valence-corrected chi connectivity index (χ3v) is 6.08. The molecule has 0 aliphatic carbocycles. The smallest absolute Gasteiger partial charge is 0.243 e. The summed E-state index contributed by atoms with van der Waals surface area (Å²) in [5, 5.41) is 0. The minimum atomic E-state index is -3.37. The van der Waals surface area contributed by atoms with Crippen LogP contribution in [0.1, 0.15) is 19.8 Å². The number of halogens is 1. The minimum Gasteiger partial charge on any atom is -0.496 e. The summed E-state index contributed by atoms with van der Waals surface area (Å²) in [5.74, 6) is 1.13. The fourth-order valence-electron chi connectivity index (χ4n) is 2.32. The Morgan fingerprint density at radius 2 is 2.16 bits per heavy atom. The average Bonchev–Trinajstić information content (AvgIpc) is 2.38. The third kappa shape index (κ3) is 3.22. The maximum atomic E-state index is 12.6. The lowest BCUT2D eigenvalue weighted by molar-refractivity contribution is 0.281. The summed E-state index contributed by atoms with van der Waals surface area (Å²) in [4.78, 5) is 0.354. The van der Waals surface area contributed by atoms with Crippen LogP contribution in [0.15, 0.2) is 23.1 Å². The molecule has 0 bridgehead atoms. The molecule has 1 aromatic rings. The van der Waals surface area contributed by atoms with Crippen molar-refractivity contribution in [3.8, 4) is 5.75 Å². The number of hydrogen-bond acceptors (Lipinski definition) is 3. The summed E-state index contributed by atoms with van der Waals surface area (Å²) < 4.78 is 32.7. The van der Waals surface area contributed by atoms with Crippen LogP contribution in [0.3, 0.4) is 0 Å². The summed E-state index contributed by atoms with van der Waals surface area (Å²) in [6.45, 7) is 3.33. The van der Waals surface area contributed by atoms with E-state index in [9.17, 15) is 8.42 Å². The van der Waals surface area contributed by atoms with Gasteiger partial charge in [0.2, 0.25) is 10.0 Å². The van der Waals surface area contributed by atoms with Gasteiger partial charge in [0, 0.05) is 13.1 Å². The Labute approximate surface area is 128 Å². The zero-order valence-corrected chi connectivity index (χ0v) is 14.1. The maximum Gasteiger partial charge on any atom is 0.243 e. The third-order valence-electron chi connectivity index (χ3n) is 3.38. The van der Waals surface area contributed by atoms with Gasteiger partial charge in [0.1, 0.15) is 5.75 Å². The van der Waals surface area contributed by atoms with Crippen molar-refractivity contribution in [3.05, 3.63) is 21.8 Å². The first-order valence-corrected chi connectivity index (χ1v) is 8.80. The topological polar surface area (TPSA) is 46.6 Å². The number of hydrogen-bond donors (Lipinski definition) is 0. The maximum absolute atomic E-state index is 12.6. The predicted molar refractivity (Wildman–Crippen MR) is 82.9 cm³/mol. The molecule has 0 saturated carbocycles. The van der Waals surface area contributed by atoms with Crippen molar-refractivity contribution < 1.29 is 13.2 Å². The van der Waals surface area contributed by atoms with E-state index in [-0.39, 0.29) is 0 Å². The average molecular weight is 395 g/mol. The number of piperidine rings is 1. The van der Waals surface area contributed by atoms with Crippen LogP contribution < -0.4 is 4.74 Å². The van der Waals surface area contributed by atoms with Crippen LogP contribution in [0.5, 0.6) is 5.75 Å². The molecule has 0 unspecified atom stereocenters. The monoisotopic (exact) mass is 395 g/mol. The molecule has 1 aliphatic heterocycles. The van der Waals surface area contributed by atoms with E-state index < -0.39 is 10.0 Å². The van der Waals surface area contributed by atoms with E-state index in [1.165, 1.54) is 0 Å². The fourth-order valence-corrected chi connectivity index (χ4v) is 4.89. The van der Waals surface area contributed by atoms with Gasteiger partial charge in [-0.2, -0.15) is 4.31 Å². The zero-order chi connectivity index (χ0) is 14.0. The van der Waals surface area contributed by atoms with Crippen molar-refractivity contribution >= 4 is 32.6 Å². The first-order chi connectivity index (χ1) is 8.95. The van der Waals surface area contributed by atoms with Gasteiger partial charge in [-0.15, -0.1) is 0 Å². The molecule has 2 rings (SSSR count). The number of ether oxygens (including phenoxy) is 1. The normalized spacial score (nSPS) is 21.3. The number of methoxy groups -OCH3 is 1. The van der Waals surface area contributed by atoms with E-state index in [2.05, 4.69) is 29.5 Å². The standard InChI is InChI=1S/C13H18INO3S/c1-10-4-3-7-15(9-10)19(16,17)11-5-6-13(18-2)12(14)8-11/h5-6,8,10H,3-4,7,9H2,1-2H3/t10-/m0/s1. The van der Waals surface area contributed by atoms with Crippen LogP contribution in [-0.2, 0) is 10.0 Å². The van der Waals surface area contributed by atoms with E-state index in [1.54, 1.807) is 29.6 Å². The highest BCUT2D eigenvalue weighted by Gasteiger charge is 2.28. The summed E-state index contributed by atoms with van der Waals surface area (Å²) in [6.07, 6.45) is 2.04. The number of nitrogens with zero attached hydrogens (tertiary/aromatic N) is 1. The van der Waals surface area contributed by atoms with E-state index in [4.69, 9.17) is 4.74 Å². The van der Waals surface area contributed by atoms with Gasteiger partial charge in [0.25, 0.3) is 0 Å². The molecule has 1 atom stereocenters. The zero-order valence-electron chi connectivity index (χ0n) is 11.1. The van der Waals surface area contributed by atoms with Crippen LogP contribution >= 0.6 is 22.6 Å². The Hall–Kier alpha value is -0.340. The number of benzene rings is 1. The second-order valence-corrected chi connectivity index (χ2v) is 8.01. The van der Waals surface area contributed by atoms with E-state index in [1.807, 2.05) is 0 Å². The summed E-state index contributed by atoms with van der Waals surface area (Å²) >= 11 is 2.09. The molecule has 6 heteroatoms. The fraction of sp³-hybridized carbons (Fsp3) is 0.538. The Morgan fingerprint density at radius 3 is 2.74 bits per heavy atom. The molecule has 0 aromatic heterocycles.